The number of thiophene rings is 1. The molecule has 0 unspecified atom stereocenters. The molecule has 0 aliphatic heterocycles. The van der Waals surface area contributed by atoms with Gasteiger partial charge in [0.1, 0.15) is 4.21 Å². The zero-order valence-electron chi connectivity index (χ0n) is 8.90. The number of sulfonamides is 1. The summed E-state index contributed by atoms with van der Waals surface area (Å²) < 4.78 is 26.5. The number of rotatable bonds is 4. The minimum atomic E-state index is -3.32. The predicted molar refractivity (Wildman–Crippen MR) is 66.7 cm³/mol. The summed E-state index contributed by atoms with van der Waals surface area (Å²) in [4.78, 5) is 0. The van der Waals surface area contributed by atoms with Gasteiger partial charge in [-0.05, 0) is 33.3 Å². The summed E-state index contributed by atoms with van der Waals surface area (Å²) >= 11 is 4.48. The van der Waals surface area contributed by atoms with Crippen molar-refractivity contribution in [3.8, 4) is 0 Å². The molecule has 86 valence electrons. The zero-order valence-corrected chi connectivity index (χ0v) is 12.1. The minimum absolute atomic E-state index is 0.323. The van der Waals surface area contributed by atoms with Crippen molar-refractivity contribution < 1.29 is 8.42 Å². The van der Waals surface area contributed by atoms with Crippen molar-refractivity contribution in [1.29, 1.82) is 0 Å². The third-order valence-corrected chi connectivity index (χ3v) is 6.32. The number of hydrogen-bond acceptors (Lipinski definition) is 3. The zero-order chi connectivity index (χ0) is 11.6. The molecule has 0 aromatic carbocycles. The molecule has 3 nitrogen and oxygen atoms in total. The van der Waals surface area contributed by atoms with Crippen molar-refractivity contribution in [3.05, 3.63) is 15.9 Å². The first-order valence-corrected chi connectivity index (χ1v) is 7.66. The van der Waals surface area contributed by atoms with Gasteiger partial charge in [0.15, 0.2) is 0 Å². The highest BCUT2D eigenvalue weighted by Crippen LogP contribution is 2.29. The van der Waals surface area contributed by atoms with Gasteiger partial charge in [0.25, 0.3) is 10.0 Å². The third kappa shape index (κ3) is 3.03. The largest absolute Gasteiger partial charge is 0.253 e. The molecule has 0 saturated carbocycles. The number of hydrogen-bond donors (Lipinski definition) is 0. The van der Waals surface area contributed by atoms with Gasteiger partial charge in [-0.25, -0.2) is 8.42 Å². The minimum Gasteiger partial charge on any atom is -0.206 e. The predicted octanol–water partition coefficient (Wildman–Crippen LogP) is 2.79. The van der Waals surface area contributed by atoms with E-state index >= 15 is 0 Å². The van der Waals surface area contributed by atoms with E-state index in [1.54, 1.807) is 18.5 Å². The van der Waals surface area contributed by atoms with Gasteiger partial charge in [0.2, 0.25) is 0 Å². The molecule has 0 bridgehead atoms. The highest BCUT2D eigenvalue weighted by molar-refractivity contribution is 9.10. The molecule has 0 amide bonds. The van der Waals surface area contributed by atoms with Gasteiger partial charge in [-0.3, -0.25) is 0 Å². The van der Waals surface area contributed by atoms with Crippen LogP contribution in [0.1, 0.15) is 13.8 Å². The summed E-state index contributed by atoms with van der Waals surface area (Å²) in [6, 6.07) is 1.75. The first-order valence-electron chi connectivity index (χ1n) is 4.55. The second-order valence-electron chi connectivity index (χ2n) is 3.74. The normalized spacial score (nSPS) is 12.7. The topological polar surface area (TPSA) is 37.4 Å². The molecule has 1 aromatic heterocycles. The maximum Gasteiger partial charge on any atom is 0.253 e. The van der Waals surface area contributed by atoms with Gasteiger partial charge >= 0.3 is 0 Å². The molecule has 6 heteroatoms. The lowest BCUT2D eigenvalue weighted by Gasteiger charge is -2.18. The highest BCUT2D eigenvalue weighted by Gasteiger charge is 2.24. The Labute approximate surface area is 103 Å². The molecule has 0 aliphatic carbocycles. The van der Waals surface area contributed by atoms with Gasteiger partial charge in [-0.15, -0.1) is 11.3 Å². The fraction of sp³-hybridized carbons (Fsp3) is 0.556. The van der Waals surface area contributed by atoms with E-state index < -0.39 is 10.0 Å². The molecule has 0 atom stereocenters. The Hall–Kier alpha value is 0.0900. The smallest absolute Gasteiger partial charge is 0.206 e. The SMILES string of the molecule is CC(C)CN(C)S(=O)(=O)c1sccc1Br. The molecule has 0 radical (unpaired) electrons. The average molecular weight is 312 g/mol. The van der Waals surface area contributed by atoms with Crippen LogP contribution in [0.3, 0.4) is 0 Å². The van der Waals surface area contributed by atoms with Gasteiger partial charge in [-0.2, -0.15) is 4.31 Å². The quantitative estimate of drug-likeness (QED) is 0.857. The molecule has 0 saturated heterocycles. The van der Waals surface area contributed by atoms with E-state index in [9.17, 15) is 8.42 Å². The first kappa shape index (κ1) is 13.2. The van der Waals surface area contributed by atoms with E-state index in [4.69, 9.17) is 0 Å². The van der Waals surface area contributed by atoms with Crippen molar-refractivity contribution in [2.75, 3.05) is 13.6 Å². The van der Waals surface area contributed by atoms with Crippen molar-refractivity contribution in [2.24, 2.45) is 5.92 Å². The summed E-state index contributed by atoms with van der Waals surface area (Å²) in [5.74, 6) is 0.323. The standard InChI is InChI=1S/C9H14BrNO2S2/c1-7(2)6-11(3)15(12,13)9-8(10)4-5-14-9/h4-5,7H,6H2,1-3H3. The van der Waals surface area contributed by atoms with Crippen LogP contribution in [-0.4, -0.2) is 26.3 Å². The fourth-order valence-corrected chi connectivity index (χ4v) is 5.05. The van der Waals surface area contributed by atoms with Crippen molar-refractivity contribution in [3.63, 3.8) is 0 Å². The van der Waals surface area contributed by atoms with Crippen molar-refractivity contribution in [2.45, 2.75) is 18.1 Å². The molecule has 15 heavy (non-hydrogen) atoms. The Bertz CT molecular complexity index is 425. The van der Waals surface area contributed by atoms with E-state index in [1.807, 2.05) is 13.8 Å². The molecule has 0 fully saturated rings. The third-order valence-electron chi connectivity index (χ3n) is 1.85. The van der Waals surface area contributed by atoms with Crippen molar-refractivity contribution in [1.82, 2.24) is 4.31 Å². The Morgan fingerprint density at radius 3 is 2.53 bits per heavy atom. The molecule has 1 heterocycles. The van der Waals surface area contributed by atoms with Crippen LogP contribution in [0.5, 0.6) is 0 Å². The summed E-state index contributed by atoms with van der Waals surface area (Å²) in [6.45, 7) is 4.53. The molecule has 1 aromatic rings. The second kappa shape index (κ2) is 4.95. The van der Waals surface area contributed by atoms with E-state index in [2.05, 4.69) is 15.9 Å². The van der Waals surface area contributed by atoms with Crippen LogP contribution >= 0.6 is 27.3 Å². The van der Waals surface area contributed by atoms with E-state index in [-0.39, 0.29) is 0 Å². The van der Waals surface area contributed by atoms with Gasteiger partial charge in [0, 0.05) is 18.1 Å². The van der Waals surface area contributed by atoms with Gasteiger partial charge in [-0.1, -0.05) is 13.8 Å². The Morgan fingerprint density at radius 1 is 1.53 bits per heavy atom. The van der Waals surface area contributed by atoms with Crippen LogP contribution in [0.25, 0.3) is 0 Å². The van der Waals surface area contributed by atoms with Crippen LogP contribution in [0.15, 0.2) is 20.1 Å². The van der Waals surface area contributed by atoms with Gasteiger partial charge < -0.3 is 0 Å². The van der Waals surface area contributed by atoms with Crippen LogP contribution in [-0.2, 0) is 10.0 Å². The fourth-order valence-electron chi connectivity index (χ4n) is 1.22. The van der Waals surface area contributed by atoms with Crippen molar-refractivity contribution >= 4 is 37.3 Å². The average Bonchev–Trinajstić information content (AvgIpc) is 2.50. The monoisotopic (exact) mass is 311 g/mol. The maximum absolute atomic E-state index is 12.1. The summed E-state index contributed by atoms with van der Waals surface area (Å²) in [5, 5.41) is 1.76. The molecular formula is C9H14BrNO2S2. The van der Waals surface area contributed by atoms with Crippen LogP contribution in [0.4, 0.5) is 0 Å². The first-order chi connectivity index (χ1) is 6.85. The lowest BCUT2D eigenvalue weighted by Crippen LogP contribution is -2.30. The molecule has 0 N–H and O–H groups in total. The van der Waals surface area contributed by atoms with Gasteiger partial charge in [0.05, 0.1) is 0 Å². The number of nitrogens with zero attached hydrogens (tertiary/aromatic N) is 1. The lowest BCUT2D eigenvalue weighted by molar-refractivity contribution is 0.418. The molecule has 0 aliphatic rings. The number of halogens is 1. The summed E-state index contributed by atoms with van der Waals surface area (Å²) in [7, 11) is -1.70. The Morgan fingerprint density at radius 2 is 2.13 bits per heavy atom. The lowest BCUT2D eigenvalue weighted by atomic mass is 10.2. The molecule has 1 rings (SSSR count). The van der Waals surface area contributed by atoms with Crippen LogP contribution in [0.2, 0.25) is 0 Å². The summed E-state index contributed by atoms with van der Waals surface area (Å²) in [5.41, 5.74) is 0. The van der Waals surface area contributed by atoms with Crippen LogP contribution in [0, 0.1) is 5.92 Å². The van der Waals surface area contributed by atoms with E-state index in [0.717, 1.165) is 0 Å². The Kier molecular flexibility index (Phi) is 4.34. The second-order valence-corrected chi connectivity index (χ2v) is 7.75. The molecular weight excluding hydrogens is 298 g/mol. The van der Waals surface area contributed by atoms with Crippen LogP contribution < -0.4 is 0 Å². The maximum atomic E-state index is 12.1. The molecule has 0 spiro atoms. The Balaban J connectivity index is 2.99. The van der Waals surface area contributed by atoms with E-state index in [0.29, 0.717) is 21.1 Å². The highest BCUT2D eigenvalue weighted by atomic mass is 79.9. The van der Waals surface area contributed by atoms with E-state index in [1.165, 1.54) is 15.6 Å². The summed E-state index contributed by atoms with van der Waals surface area (Å²) in [6.07, 6.45) is 0.